The summed E-state index contributed by atoms with van der Waals surface area (Å²) in [6.45, 7) is 5.67. The topological polar surface area (TPSA) is 66.9 Å². The van der Waals surface area contributed by atoms with Crippen LogP contribution in [0.25, 0.3) is 0 Å². The SMILES string of the molecule is CCNc1cncc(C(=O)NCC2(C)CCC2)n1. The molecule has 0 unspecified atom stereocenters. The molecule has 0 radical (unpaired) electrons. The monoisotopic (exact) mass is 248 g/mol. The van der Waals surface area contributed by atoms with Crippen molar-refractivity contribution in [2.24, 2.45) is 5.41 Å². The number of amides is 1. The Kier molecular flexibility index (Phi) is 3.79. The fraction of sp³-hybridized carbons (Fsp3) is 0.615. The number of rotatable bonds is 5. The molecule has 0 bridgehead atoms. The van der Waals surface area contributed by atoms with E-state index >= 15 is 0 Å². The second-order valence-electron chi connectivity index (χ2n) is 5.17. The van der Waals surface area contributed by atoms with Crippen LogP contribution in [0.2, 0.25) is 0 Å². The fourth-order valence-corrected chi connectivity index (χ4v) is 2.08. The maximum atomic E-state index is 11.9. The van der Waals surface area contributed by atoms with Gasteiger partial charge in [0.2, 0.25) is 0 Å². The molecule has 0 aliphatic heterocycles. The molecule has 1 aliphatic carbocycles. The molecule has 0 saturated heterocycles. The fourth-order valence-electron chi connectivity index (χ4n) is 2.08. The highest BCUT2D eigenvalue weighted by molar-refractivity contribution is 5.92. The Labute approximate surface area is 107 Å². The lowest BCUT2D eigenvalue weighted by Gasteiger charge is -2.38. The Bertz CT molecular complexity index is 429. The number of carbonyl (C=O) groups is 1. The molecule has 0 atom stereocenters. The van der Waals surface area contributed by atoms with Gasteiger partial charge >= 0.3 is 0 Å². The normalized spacial score (nSPS) is 16.8. The highest BCUT2D eigenvalue weighted by Crippen LogP contribution is 2.39. The van der Waals surface area contributed by atoms with Crippen molar-refractivity contribution < 1.29 is 4.79 Å². The minimum Gasteiger partial charge on any atom is -0.369 e. The average molecular weight is 248 g/mol. The molecule has 1 aliphatic rings. The van der Waals surface area contributed by atoms with E-state index in [2.05, 4.69) is 27.5 Å². The highest BCUT2D eigenvalue weighted by Gasteiger charge is 2.32. The Morgan fingerprint density at radius 3 is 2.83 bits per heavy atom. The molecule has 0 spiro atoms. The molecule has 5 nitrogen and oxygen atoms in total. The maximum absolute atomic E-state index is 11.9. The summed E-state index contributed by atoms with van der Waals surface area (Å²) in [5.74, 6) is 0.496. The van der Waals surface area contributed by atoms with Crippen LogP contribution >= 0.6 is 0 Å². The van der Waals surface area contributed by atoms with Crippen molar-refractivity contribution in [3.63, 3.8) is 0 Å². The van der Waals surface area contributed by atoms with E-state index in [0.717, 1.165) is 13.1 Å². The van der Waals surface area contributed by atoms with E-state index in [1.807, 2.05) is 6.92 Å². The zero-order valence-electron chi connectivity index (χ0n) is 11.0. The first-order chi connectivity index (χ1) is 8.63. The molecule has 0 aromatic carbocycles. The molecular formula is C13H20N4O. The van der Waals surface area contributed by atoms with Crippen molar-refractivity contribution in [2.75, 3.05) is 18.4 Å². The van der Waals surface area contributed by atoms with Crippen LogP contribution in [0.4, 0.5) is 5.82 Å². The zero-order chi connectivity index (χ0) is 13.0. The quantitative estimate of drug-likeness (QED) is 0.834. The van der Waals surface area contributed by atoms with Gasteiger partial charge < -0.3 is 10.6 Å². The standard InChI is InChI=1S/C13H20N4O/c1-3-15-11-8-14-7-10(17-11)12(18)16-9-13(2)5-4-6-13/h7-8H,3-6,9H2,1-2H3,(H,15,17)(H,16,18). The van der Waals surface area contributed by atoms with Crippen LogP contribution in [0.1, 0.15) is 43.6 Å². The van der Waals surface area contributed by atoms with Crippen LogP contribution in [0.15, 0.2) is 12.4 Å². The number of nitrogens with one attached hydrogen (secondary N) is 2. The van der Waals surface area contributed by atoms with Crippen LogP contribution in [0, 0.1) is 5.41 Å². The van der Waals surface area contributed by atoms with Gasteiger partial charge in [0.05, 0.1) is 12.4 Å². The maximum Gasteiger partial charge on any atom is 0.271 e. The summed E-state index contributed by atoms with van der Waals surface area (Å²) < 4.78 is 0. The van der Waals surface area contributed by atoms with Crippen LogP contribution in [-0.2, 0) is 0 Å². The Balaban J connectivity index is 1.93. The number of hydrogen-bond acceptors (Lipinski definition) is 4. The molecular weight excluding hydrogens is 228 g/mol. The van der Waals surface area contributed by atoms with Crippen molar-refractivity contribution in [1.82, 2.24) is 15.3 Å². The van der Waals surface area contributed by atoms with Crippen LogP contribution < -0.4 is 10.6 Å². The largest absolute Gasteiger partial charge is 0.369 e. The van der Waals surface area contributed by atoms with Gasteiger partial charge in [-0.15, -0.1) is 0 Å². The first-order valence-corrected chi connectivity index (χ1v) is 6.47. The summed E-state index contributed by atoms with van der Waals surface area (Å²) in [6, 6.07) is 0. The van der Waals surface area contributed by atoms with E-state index in [-0.39, 0.29) is 11.3 Å². The van der Waals surface area contributed by atoms with Crippen molar-refractivity contribution in [1.29, 1.82) is 0 Å². The number of nitrogens with zero attached hydrogens (tertiary/aromatic N) is 2. The Morgan fingerprint density at radius 1 is 1.44 bits per heavy atom. The Hall–Kier alpha value is -1.65. The average Bonchev–Trinajstić information content (AvgIpc) is 2.34. The van der Waals surface area contributed by atoms with Crippen LogP contribution in [0.5, 0.6) is 0 Å². The third-order valence-corrected chi connectivity index (χ3v) is 3.46. The molecule has 1 fully saturated rings. The lowest BCUT2D eigenvalue weighted by molar-refractivity contribution is 0.0885. The highest BCUT2D eigenvalue weighted by atomic mass is 16.1. The lowest BCUT2D eigenvalue weighted by atomic mass is 9.70. The van der Waals surface area contributed by atoms with Gasteiger partial charge in [-0.1, -0.05) is 13.3 Å². The third-order valence-electron chi connectivity index (χ3n) is 3.46. The number of hydrogen-bond donors (Lipinski definition) is 2. The van der Waals surface area contributed by atoms with Crippen LogP contribution in [0.3, 0.4) is 0 Å². The summed E-state index contributed by atoms with van der Waals surface area (Å²) in [5.41, 5.74) is 0.652. The molecule has 18 heavy (non-hydrogen) atoms. The molecule has 2 N–H and O–H groups in total. The first kappa shape index (κ1) is 12.8. The molecule has 1 aromatic heterocycles. The number of carbonyl (C=O) groups excluding carboxylic acids is 1. The predicted molar refractivity (Wildman–Crippen MR) is 70.5 cm³/mol. The summed E-state index contributed by atoms with van der Waals surface area (Å²) >= 11 is 0. The van der Waals surface area contributed by atoms with Crippen molar-refractivity contribution in [3.8, 4) is 0 Å². The third kappa shape index (κ3) is 2.97. The summed E-state index contributed by atoms with van der Waals surface area (Å²) in [4.78, 5) is 20.2. The van der Waals surface area contributed by atoms with Gasteiger partial charge in [0.1, 0.15) is 11.5 Å². The summed E-state index contributed by atoms with van der Waals surface area (Å²) in [7, 11) is 0. The van der Waals surface area contributed by atoms with E-state index in [4.69, 9.17) is 0 Å². The van der Waals surface area contributed by atoms with Gasteiger partial charge in [-0.25, -0.2) is 4.98 Å². The van der Waals surface area contributed by atoms with E-state index in [9.17, 15) is 4.79 Å². The summed E-state index contributed by atoms with van der Waals surface area (Å²) in [6.07, 6.45) is 6.77. The molecule has 98 valence electrons. The smallest absolute Gasteiger partial charge is 0.271 e. The van der Waals surface area contributed by atoms with Crippen molar-refractivity contribution in [3.05, 3.63) is 18.1 Å². The molecule has 1 aromatic rings. The van der Waals surface area contributed by atoms with E-state index in [1.165, 1.54) is 25.5 Å². The van der Waals surface area contributed by atoms with Crippen molar-refractivity contribution >= 4 is 11.7 Å². The second-order valence-corrected chi connectivity index (χ2v) is 5.17. The lowest BCUT2D eigenvalue weighted by Crippen LogP contribution is -2.40. The molecule has 2 rings (SSSR count). The number of aromatic nitrogens is 2. The van der Waals surface area contributed by atoms with E-state index in [1.54, 1.807) is 6.20 Å². The minimum atomic E-state index is -0.143. The van der Waals surface area contributed by atoms with E-state index < -0.39 is 0 Å². The van der Waals surface area contributed by atoms with Crippen molar-refractivity contribution in [2.45, 2.75) is 33.1 Å². The minimum absolute atomic E-state index is 0.143. The predicted octanol–water partition coefficient (Wildman–Crippen LogP) is 1.83. The zero-order valence-corrected chi connectivity index (χ0v) is 11.0. The van der Waals surface area contributed by atoms with Gasteiger partial charge in [-0.05, 0) is 25.2 Å². The van der Waals surface area contributed by atoms with Gasteiger partial charge in [0, 0.05) is 13.1 Å². The molecule has 5 heteroatoms. The Morgan fingerprint density at radius 2 is 2.22 bits per heavy atom. The molecule has 1 saturated carbocycles. The van der Waals surface area contributed by atoms with E-state index in [0.29, 0.717) is 11.5 Å². The van der Waals surface area contributed by atoms with Gasteiger partial charge in [-0.2, -0.15) is 0 Å². The summed E-state index contributed by atoms with van der Waals surface area (Å²) in [5, 5.41) is 5.99. The molecule has 1 heterocycles. The number of anilines is 1. The second kappa shape index (κ2) is 5.33. The van der Waals surface area contributed by atoms with Gasteiger partial charge in [0.15, 0.2) is 0 Å². The van der Waals surface area contributed by atoms with Gasteiger partial charge in [-0.3, -0.25) is 9.78 Å². The molecule has 1 amide bonds. The first-order valence-electron chi connectivity index (χ1n) is 6.47. The van der Waals surface area contributed by atoms with Gasteiger partial charge in [0.25, 0.3) is 5.91 Å². The van der Waals surface area contributed by atoms with Crippen LogP contribution in [-0.4, -0.2) is 29.0 Å².